The minimum absolute atomic E-state index is 0.0170. The highest BCUT2D eigenvalue weighted by molar-refractivity contribution is 5.76. The Morgan fingerprint density at radius 3 is 2.41 bits per heavy atom. The SMILES string of the molecule is COc1cc(CCC(=O)NCCCc2nc3ccccc3[nH]2)cc(OC)c1OC. The third-order valence-electron chi connectivity index (χ3n) is 4.72. The van der Waals surface area contributed by atoms with Crippen LogP contribution in [-0.4, -0.2) is 43.7 Å². The zero-order valence-electron chi connectivity index (χ0n) is 17.1. The van der Waals surface area contributed by atoms with Crippen LogP contribution in [0.5, 0.6) is 17.2 Å². The van der Waals surface area contributed by atoms with Crippen LogP contribution in [0, 0.1) is 0 Å². The van der Waals surface area contributed by atoms with E-state index in [1.165, 1.54) is 0 Å². The lowest BCUT2D eigenvalue weighted by molar-refractivity contribution is -0.121. The number of rotatable bonds is 10. The number of fused-ring (bicyclic) bond motifs is 1. The number of nitrogens with zero attached hydrogens (tertiary/aromatic N) is 1. The van der Waals surface area contributed by atoms with Crippen molar-refractivity contribution in [2.24, 2.45) is 0 Å². The molecule has 1 amide bonds. The largest absolute Gasteiger partial charge is 0.493 e. The first-order valence-electron chi connectivity index (χ1n) is 9.63. The molecule has 0 spiro atoms. The molecule has 0 aliphatic heterocycles. The summed E-state index contributed by atoms with van der Waals surface area (Å²) >= 11 is 0. The Labute approximate surface area is 170 Å². The fraction of sp³-hybridized carbons (Fsp3) is 0.364. The predicted octanol–water partition coefficient (Wildman–Crippen LogP) is 3.27. The van der Waals surface area contributed by atoms with Crippen molar-refractivity contribution in [1.82, 2.24) is 15.3 Å². The maximum absolute atomic E-state index is 12.2. The van der Waals surface area contributed by atoms with Gasteiger partial charge >= 0.3 is 0 Å². The molecule has 0 aliphatic rings. The average Bonchev–Trinajstić information content (AvgIpc) is 3.17. The summed E-state index contributed by atoms with van der Waals surface area (Å²) in [5, 5.41) is 2.97. The van der Waals surface area contributed by atoms with E-state index in [1.54, 1.807) is 21.3 Å². The summed E-state index contributed by atoms with van der Waals surface area (Å²) in [7, 11) is 4.73. The number of nitrogens with one attached hydrogen (secondary N) is 2. The van der Waals surface area contributed by atoms with E-state index in [2.05, 4.69) is 15.3 Å². The maximum atomic E-state index is 12.2. The molecule has 0 bridgehead atoms. The molecule has 0 radical (unpaired) electrons. The lowest BCUT2D eigenvalue weighted by atomic mass is 10.1. The maximum Gasteiger partial charge on any atom is 0.220 e. The summed E-state index contributed by atoms with van der Waals surface area (Å²) < 4.78 is 16.0. The Hall–Kier alpha value is -3.22. The normalized spacial score (nSPS) is 10.7. The number of aromatic nitrogens is 2. The summed E-state index contributed by atoms with van der Waals surface area (Å²) in [6, 6.07) is 11.7. The van der Waals surface area contributed by atoms with E-state index in [4.69, 9.17) is 14.2 Å². The van der Waals surface area contributed by atoms with E-state index >= 15 is 0 Å². The zero-order valence-corrected chi connectivity index (χ0v) is 17.1. The molecule has 29 heavy (non-hydrogen) atoms. The van der Waals surface area contributed by atoms with Crippen LogP contribution in [0.15, 0.2) is 36.4 Å². The van der Waals surface area contributed by atoms with Gasteiger partial charge in [-0.3, -0.25) is 4.79 Å². The van der Waals surface area contributed by atoms with E-state index < -0.39 is 0 Å². The van der Waals surface area contributed by atoms with Crippen molar-refractivity contribution >= 4 is 16.9 Å². The summed E-state index contributed by atoms with van der Waals surface area (Å²) in [4.78, 5) is 20.0. The van der Waals surface area contributed by atoms with Crippen LogP contribution in [0.25, 0.3) is 11.0 Å². The molecule has 0 saturated carbocycles. The lowest BCUT2D eigenvalue weighted by Gasteiger charge is -2.14. The number of methoxy groups -OCH3 is 3. The monoisotopic (exact) mass is 397 g/mol. The molecule has 3 rings (SSSR count). The molecule has 2 aromatic carbocycles. The van der Waals surface area contributed by atoms with Crippen LogP contribution < -0.4 is 19.5 Å². The van der Waals surface area contributed by atoms with Crippen LogP contribution in [0.2, 0.25) is 0 Å². The molecule has 0 unspecified atom stereocenters. The fourth-order valence-corrected chi connectivity index (χ4v) is 3.23. The van der Waals surface area contributed by atoms with Crippen LogP contribution in [0.1, 0.15) is 24.2 Å². The number of aromatic amines is 1. The highest BCUT2D eigenvalue weighted by Gasteiger charge is 2.14. The Balaban J connectivity index is 1.45. The molecule has 3 aromatic rings. The van der Waals surface area contributed by atoms with Crippen molar-refractivity contribution in [1.29, 1.82) is 0 Å². The van der Waals surface area contributed by atoms with E-state index in [0.717, 1.165) is 35.3 Å². The van der Waals surface area contributed by atoms with Gasteiger partial charge in [-0.05, 0) is 42.7 Å². The highest BCUT2D eigenvalue weighted by Crippen LogP contribution is 2.38. The third-order valence-corrected chi connectivity index (χ3v) is 4.72. The molecule has 154 valence electrons. The molecule has 7 heteroatoms. The van der Waals surface area contributed by atoms with Gasteiger partial charge in [0.2, 0.25) is 11.7 Å². The summed E-state index contributed by atoms with van der Waals surface area (Å²) in [5.74, 6) is 2.69. The van der Waals surface area contributed by atoms with Crippen molar-refractivity contribution in [2.75, 3.05) is 27.9 Å². The van der Waals surface area contributed by atoms with Gasteiger partial charge in [-0.1, -0.05) is 12.1 Å². The van der Waals surface area contributed by atoms with Crippen LogP contribution >= 0.6 is 0 Å². The summed E-state index contributed by atoms with van der Waals surface area (Å²) in [6.07, 6.45) is 2.60. The number of aryl methyl sites for hydroxylation is 2. The van der Waals surface area contributed by atoms with Crippen molar-refractivity contribution in [2.45, 2.75) is 25.7 Å². The second-order valence-corrected chi connectivity index (χ2v) is 6.69. The molecule has 2 N–H and O–H groups in total. The van der Waals surface area contributed by atoms with Gasteiger partial charge in [0, 0.05) is 19.4 Å². The number of amides is 1. The first kappa shape index (κ1) is 20.5. The van der Waals surface area contributed by atoms with Crippen molar-refractivity contribution in [3.05, 3.63) is 47.8 Å². The molecule has 1 heterocycles. The first-order chi connectivity index (χ1) is 14.1. The molecule has 0 saturated heterocycles. The van der Waals surface area contributed by atoms with Gasteiger partial charge in [0.1, 0.15) is 5.82 Å². The van der Waals surface area contributed by atoms with Gasteiger partial charge in [-0.2, -0.15) is 0 Å². The number of benzene rings is 2. The number of hydrogen-bond donors (Lipinski definition) is 2. The molecule has 0 atom stereocenters. The average molecular weight is 397 g/mol. The van der Waals surface area contributed by atoms with Gasteiger partial charge in [0.15, 0.2) is 11.5 Å². The Bertz CT molecular complexity index is 910. The number of carbonyl (C=O) groups excluding carboxylic acids is 1. The predicted molar refractivity (Wildman–Crippen MR) is 112 cm³/mol. The number of hydrogen-bond acceptors (Lipinski definition) is 5. The van der Waals surface area contributed by atoms with Gasteiger partial charge < -0.3 is 24.5 Å². The number of para-hydroxylation sites is 2. The van der Waals surface area contributed by atoms with Crippen LogP contribution in [0.4, 0.5) is 0 Å². The zero-order chi connectivity index (χ0) is 20.6. The number of ether oxygens (including phenoxy) is 3. The van der Waals surface area contributed by atoms with E-state index in [1.807, 2.05) is 36.4 Å². The first-order valence-corrected chi connectivity index (χ1v) is 9.63. The van der Waals surface area contributed by atoms with Gasteiger partial charge in [0.25, 0.3) is 0 Å². The Morgan fingerprint density at radius 1 is 1.03 bits per heavy atom. The van der Waals surface area contributed by atoms with Crippen molar-refractivity contribution < 1.29 is 19.0 Å². The van der Waals surface area contributed by atoms with Gasteiger partial charge in [0.05, 0.1) is 32.4 Å². The molecule has 1 aromatic heterocycles. The summed E-state index contributed by atoms with van der Waals surface area (Å²) in [6.45, 7) is 0.616. The second kappa shape index (κ2) is 9.82. The molecular weight excluding hydrogens is 370 g/mol. The van der Waals surface area contributed by atoms with E-state index in [9.17, 15) is 4.79 Å². The number of imidazole rings is 1. The fourth-order valence-electron chi connectivity index (χ4n) is 3.23. The van der Waals surface area contributed by atoms with Crippen molar-refractivity contribution in [3.63, 3.8) is 0 Å². The third kappa shape index (κ3) is 5.19. The van der Waals surface area contributed by atoms with E-state index in [0.29, 0.717) is 36.6 Å². The molecule has 0 aliphatic carbocycles. The summed E-state index contributed by atoms with van der Waals surface area (Å²) in [5.41, 5.74) is 2.96. The molecule has 7 nitrogen and oxygen atoms in total. The highest BCUT2D eigenvalue weighted by atomic mass is 16.5. The Kier molecular flexibility index (Phi) is 6.94. The second-order valence-electron chi connectivity index (χ2n) is 6.69. The van der Waals surface area contributed by atoms with Gasteiger partial charge in [-0.25, -0.2) is 4.98 Å². The van der Waals surface area contributed by atoms with Gasteiger partial charge in [-0.15, -0.1) is 0 Å². The smallest absolute Gasteiger partial charge is 0.220 e. The van der Waals surface area contributed by atoms with E-state index in [-0.39, 0.29) is 5.91 Å². The van der Waals surface area contributed by atoms with Crippen LogP contribution in [-0.2, 0) is 17.6 Å². The minimum Gasteiger partial charge on any atom is -0.493 e. The molecular formula is C22H27N3O4. The lowest BCUT2D eigenvalue weighted by Crippen LogP contribution is -2.25. The topological polar surface area (TPSA) is 85.5 Å². The number of H-pyrrole nitrogens is 1. The quantitative estimate of drug-likeness (QED) is 0.513. The van der Waals surface area contributed by atoms with Crippen LogP contribution in [0.3, 0.4) is 0 Å². The standard InChI is InChI=1S/C22H27N3O4/c1-27-18-13-15(14-19(28-2)22(18)29-3)10-11-21(26)23-12-6-9-20-24-16-7-4-5-8-17(16)25-20/h4-5,7-8,13-14H,6,9-12H2,1-3H3,(H,23,26)(H,24,25). The van der Waals surface area contributed by atoms with Crippen molar-refractivity contribution in [3.8, 4) is 17.2 Å². The Morgan fingerprint density at radius 2 is 1.76 bits per heavy atom. The minimum atomic E-state index is 0.0170. The number of carbonyl (C=O) groups is 1. The molecule has 0 fully saturated rings.